The summed E-state index contributed by atoms with van der Waals surface area (Å²) in [6.07, 6.45) is 1.39. The second-order valence-electron chi connectivity index (χ2n) is 4.64. The summed E-state index contributed by atoms with van der Waals surface area (Å²) in [6.45, 7) is 1.57. The number of aryl methyl sites for hydroxylation is 1. The Labute approximate surface area is 129 Å². The van der Waals surface area contributed by atoms with Crippen LogP contribution in [0.4, 0.5) is 15.9 Å². The van der Waals surface area contributed by atoms with Crippen LogP contribution in [0.25, 0.3) is 5.69 Å². The third kappa shape index (κ3) is 3.48. The number of nitrogens with zero attached hydrogens (tertiary/aromatic N) is 5. The summed E-state index contributed by atoms with van der Waals surface area (Å²) >= 11 is 0. The normalized spacial score (nSPS) is 10.5. The van der Waals surface area contributed by atoms with E-state index in [4.69, 9.17) is 4.52 Å². The maximum Gasteiger partial charge on any atom is 0.244 e. The zero-order chi connectivity index (χ0) is 16.2. The van der Waals surface area contributed by atoms with Crippen LogP contribution >= 0.6 is 0 Å². The maximum absolute atomic E-state index is 13.8. The van der Waals surface area contributed by atoms with Gasteiger partial charge in [0.05, 0.1) is 17.9 Å². The van der Waals surface area contributed by atoms with Gasteiger partial charge in [0, 0.05) is 6.07 Å². The average Bonchev–Trinajstić information content (AvgIpc) is 3.18. The average molecular weight is 317 g/mol. The molecule has 9 nitrogen and oxygen atoms in total. The summed E-state index contributed by atoms with van der Waals surface area (Å²) in [5.74, 6) is 0.00286. The molecule has 0 aliphatic carbocycles. The van der Waals surface area contributed by atoms with Crippen LogP contribution in [0.15, 0.2) is 35.1 Å². The maximum atomic E-state index is 13.8. The molecule has 3 rings (SSSR count). The van der Waals surface area contributed by atoms with Crippen molar-refractivity contribution in [1.82, 2.24) is 25.4 Å². The molecule has 0 unspecified atom stereocenters. The highest BCUT2D eigenvalue weighted by molar-refractivity contribution is 5.92. The van der Waals surface area contributed by atoms with Crippen LogP contribution in [0.1, 0.15) is 5.76 Å². The number of carbonyl (C=O) groups excluding carboxylic acids is 1. The Kier molecular flexibility index (Phi) is 3.95. The molecular formula is C13H12FN7O2. The van der Waals surface area contributed by atoms with Crippen molar-refractivity contribution in [2.75, 3.05) is 17.2 Å². The van der Waals surface area contributed by atoms with E-state index in [0.29, 0.717) is 17.3 Å². The lowest BCUT2D eigenvalue weighted by Gasteiger charge is -2.09. The molecule has 0 saturated carbocycles. The number of halogens is 1. The number of tetrazole rings is 1. The first-order chi connectivity index (χ1) is 11.1. The fraction of sp³-hybridized carbons (Fsp3) is 0.154. The molecule has 0 aliphatic rings. The summed E-state index contributed by atoms with van der Waals surface area (Å²) in [5.41, 5.74) is 0.718. The Balaban J connectivity index is 1.65. The smallest absolute Gasteiger partial charge is 0.244 e. The topological polar surface area (TPSA) is 111 Å². The van der Waals surface area contributed by atoms with Gasteiger partial charge in [-0.25, -0.2) is 9.07 Å². The number of amides is 1. The predicted octanol–water partition coefficient (Wildman–Crippen LogP) is 1.15. The largest absolute Gasteiger partial charge is 0.374 e. The minimum atomic E-state index is -0.494. The number of anilines is 2. The van der Waals surface area contributed by atoms with Crippen LogP contribution in [0.2, 0.25) is 0 Å². The van der Waals surface area contributed by atoms with Crippen molar-refractivity contribution < 1.29 is 13.7 Å². The van der Waals surface area contributed by atoms with Gasteiger partial charge < -0.3 is 15.2 Å². The number of benzene rings is 1. The Morgan fingerprint density at radius 1 is 1.39 bits per heavy atom. The molecule has 0 saturated heterocycles. The van der Waals surface area contributed by atoms with Crippen molar-refractivity contribution in [3.8, 4) is 5.69 Å². The van der Waals surface area contributed by atoms with Crippen molar-refractivity contribution in [2.24, 2.45) is 0 Å². The molecule has 2 aromatic heterocycles. The number of carbonyl (C=O) groups is 1. The van der Waals surface area contributed by atoms with Gasteiger partial charge in [-0.15, -0.1) is 5.10 Å². The molecule has 118 valence electrons. The van der Waals surface area contributed by atoms with Gasteiger partial charge in [0.15, 0.2) is 5.82 Å². The van der Waals surface area contributed by atoms with Crippen LogP contribution in [0.5, 0.6) is 0 Å². The molecule has 0 spiro atoms. The molecule has 0 aliphatic heterocycles. The van der Waals surface area contributed by atoms with Crippen LogP contribution in [-0.2, 0) is 4.79 Å². The van der Waals surface area contributed by atoms with E-state index in [-0.39, 0.29) is 18.1 Å². The highest BCUT2D eigenvalue weighted by Crippen LogP contribution is 2.18. The van der Waals surface area contributed by atoms with Gasteiger partial charge in [-0.1, -0.05) is 5.16 Å². The van der Waals surface area contributed by atoms with Gasteiger partial charge in [0.25, 0.3) is 0 Å². The Hall–Kier alpha value is -3.30. The zero-order valence-corrected chi connectivity index (χ0v) is 12.0. The van der Waals surface area contributed by atoms with E-state index >= 15 is 0 Å². The quantitative estimate of drug-likeness (QED) is 0.726. The third-order valence-electron chi connectivity index (χ3n) is 2.90. The second-order valence-corrected chi connectivity index (χ2v) is 4.64. The van der Waals surface area contributed by atoms with E-state index in [1.54, 1.807) is 13.0 Å². The van der Waals surface area contributed by atoms with Crippen LogP contribution in [0, 0.1) is 12.7 Å². The van der Waals surface area contributed by atoms with Gasteiger partial charge in [-0.05, 0) is 35.5 Å². The van der Waals surface area contributed by atoms with Gasteiger partial charge >= 0.3 is 0 Å². The van der Waals surface area contributed by atoms with Crippen LogP contribution < -0.4 is 10.6 Å². The minimum Gasteiger partial charge on any atom is -0.374 e. The SMILES string of the molecule is Cc1cc(NC(=O)CNc2cc(-n3cnnn3)ccc2F)no1. The predicted molar refractivity (Wildman–Crippen MR) is 77.5 cm³/mol. The number of hydrogen-bond acceptors (Lipinski definition) is 7. The summed E-state index contributed by atoms with van der Waals surface area (Å²) in [5, 5.41) is 19.6. The van der Waals surface area contributed by atoms with E-state index in [1.165, 1.54) is 29.2 Å². The molecule has 10 heteroatoms. The molecule has 23 heavy (non-hydrogen) atoms. The summed E-state index contributed by atoms with van der Waals surface area (Å²) in [6, 6.07) is 5.86. The lowest BCUT2D eigenvalue weighted by atomic mass is 10.2. The Morgan fingerprint density at radius 2 is 2.26 bits per heavy atom. The Morgan fingerprint density at radius 3 is 2.96 bits per heavy atom. The molecular weight excluding hydrogens is 305 g/mol. The molecule has 0 bridgehead atoms. The second kappa shape index (κ2) is 6.22. The fourth-order valence-electron chi connectivity index (χ4n) is 1.86. The number of aromatic nitrogens is 5. The summed E-state index contributed by atoms with van der Waals surface area (Å²) < 4.78 is 20.0. The molecule has 0 atom stereocenters. The molecule has 1 aromatic carbocycles. The van der Waals surface area contributed by atoms with E-state index in [1.807, 2.05) is 0 Å². The summed E-state index contributed by atoms with van der Waals surface area (Å²) in [7, 11) is 0. The number of nitrogens with one attached hydrogen (secondary N) is 2. The molecule has 0 radical (unpaired) electrons. The van der Waals surface area contributed by atoms with E-state index < -0.39 is 5.82 Å². The van der Waals surface area contributed by atoms with Gasteiger partial charge in [-0.2, -0.15) is 0 Å². The van der Waals surface area contributed by atoms with Crippen molar-refractivity contribution in [3.63, 3.8) is 0 Å². The standard InChI is InChI=1S/C13H12FN7O2/c1-8-4-12(18-23-8)17-13(22)6-15-11-5-9(2-3-10(11)14)21-7-16-19-20-21/h2-5,7,15H,6H2,1H3,(H,17,18,22). The first kappa shape index (κ1) is 14.6. The van der Waals surface area contributed by atoms with E-state index in [9.17, 15) is 9.18 Å². The lowest BCUT2D eigenvalue weighted by molar-refractivity contribution is -0.114. The van der Waals surface area contributed by atoms with Crippen LogP contribution in [0.3, 0.4) is 0 Å². The van der Waals surface area contributed by atoms with Crippen molar-refractivity contribution in [1.29, 1.82) is 0 Å². The molecule has 2 heterocycles. The molecule has 0 fully saturated rings. The number of hydrogen-bond donors (Lipinski definition) is 2. The van der Waals surface area contributed by atoms with Crippen molar-refractivity contribution in [3.05, 3.63) is 42.2 Å². The molecule has 3 aromatic rings. The first-order valence-electron chi connectivity index (χ1n) is 6.62. The van der Waals surface area contributed by atoms with Crippen LogP contribution in [-0.4, -0.2) is 37.8 Å². The van der Waals surface area contributed by atoms with Gasteiger partial charge in [-0.3, -0.25) is 4.79 Å². The monoisotopic (exact) mass is 317 g/mol. The highest BCUT2D eigenvalue weighted by Gasteiger charge is 2.09. The van der Waals surface area contributed by atoms with Crippen molar-refractivity contribution in [2.45, 2.75) is 6.92 Å². The Bertz CT molecular complexity index is 816. The zero-order valence-electron chi connectivity index (χ0n) is 12.0. The molecule has 2 N–H and O–H groups in total. The first-order valence-corrected chi connectivity index (χ1v) is 6.62. The third-order valence-corrected chi connectivity index (χ3v) is 2.90. The minimum absolute atomic E-state index is 0.137. The lowest BCUT2D eigenvalue weighted by Crippen LogP contribution is -2.22. The van der Waals surface area contributed by atoms with Gasteiger partial charge in [0.2, 0.25) is 5.91 Å². The van der Waals surface area contributed by atoms with E-state index in [0.717, 1.165) is 0 Å². The highest BCUT2D eigenvalue weighted by atomic mass is 19.1. The number of rotatable bonds is 5. The van der Waals surface area contributed by atoms with E-state index in [2.05, 4.69) is 31.3 Å². The summed E-state index contributed by atoms with van der Waals surface area (Å²) in [4.78, 5) is 11.8. The van der Waals surface area contributed by atoms with Gasteiger partial charge in [0.1, 0.15) is 17.9 Å². The van der Waals surface area contributed by atoms with Crippen molar-refractivity contribution >= 4 is 17.4 Å². The molecule has 1 amide bonds. The fourth-order valence-corrected chi connectivity index (χ4v) is 1.86.